The Hall–Kier alpha value is -3.08. The molecule has 1 aliphatic rings. The highest BCUT2D eigenvalue weighted by atomic mass is 16.3. The third kappa shape index (κ3) is 3.08. The van der Waals surface area contributed by atoms with Gasteiger partial charge in [0.15, 0.2) is 0 Å². The zero-order chi connectivity index (χ0) is 17.9. The summed E-state index contributed by atoms with van der Waals surface area (Å²) in [5, 5.41) is 7.50. The predicted octanol–water partition coefficient (Wildman–Crippen LogP) is 3.69. The molecule has 1 amide bonds. The zero-order valence-corrected chi connectivity index (χ0v) is 14.7. The summed E-state index contributed by atoms with van der Waals surface area (Å²) in [6.45, 7) is 3.36. The molecule has 0 saturated heterocycles. The Balaban J connectivity index is 1.67. The summed E-state index contributed by atoms with van der Waals surface area (Å²) >= 11 is 0. The van der Waals surface area contributed by atoms with Crippen LogP contribution in [-0.2, 0) is 24.2 Å². The van der Waals surface area contributed by atoms with Crippen molar-refractivity contribution in [1.29, 1.82) is 0 Å². The molecule has 0 radical (unpaired) electrons. The molecule has 3 heterocycles. The van der Waals surface area contributed by atoms with Gasteiger partial charge in [-0.3, -0.25) is 9.89 Å². The quantitative estimate of drug-likeness (QED) is 0.732. The minimum absolute atomic E-state index is 0.0153. The fraction of sp³-hybridized carbons (Fsp3) is 0.238. The fourth-order valence-electron chi connectivity index (χ4n) is 3.39. The van der Waals surface area contributed by atoms with Crippen molar-refractivity contribution in [2.24, 2.45) is 0 Å². The molecule has 4 rings (SSSR count). The summed E-state index contributed by atoms with van der Waals surface area (Å²) in [7, 11) is 0. The smallest absolute Gasteiger partial charge is 0.254 e. The third-order valence-electron chi connectivity index (χ3n) is 4.79. The lowest BCUT2D eigenvalue weighted by Crippen LogP contribution is -2.36. The molecule has 1 N–H and O–H groups in total. The molecule has 0 spiro atoms. The molecule has 0 atom stereocenters. The molecule has 0 bridgehead atoms. The van der Waals surface area contributed by atoms with E-state index in [1.54, 1.807) is 6.26 Å². The van der Waals surface area contributed by atoms with Crippen molar-refractivity contribution in [3.05, 3.63) is 77.0 Å². The maximum atomic E-state index is 13.3. The van der Waals surface area contributed by atoms with Gasteiger partial charge < -0.3 is 9.32 Å². The summed E-state index contributed by atoms with van der Waals surface area (Å²) in [6, 6.07) is 13.4. The van der Waals surface area contributed by atoms with Crippen molar-refractivity contribution in [3.63, 3.8) is 0 Å². The monoisotopic (exact) mass is 347 g/mol. The van der Waals surface area contributed by atoms with Crippen LogP contribution < -0.4 is 0 Å². The standard InChI is InChI=1S/C21H21N3O2/c1-2-19-18-14-24(11-10-20(18)23-22-19)21(25)17(13-16-9-6-12-26-16)15-7-4-3-5-8-15/h3-9,12-13H,2,10-11,14H2,1H3,(H,22,23)/b17-13+. The molecule has 0 saturated carbocycles. The van der Waals surface area contributed by atoms with Gasteiger partial charge in [-0.15, -0.1) is 0 Å². The zero-order valence-electron chi connectivity index (χ0n) is 14.7. The second-order valence-electron chi connectivity index (χ2n) is 6.40. The molecule has 132 valence electrons. The van der Waals surface area contributed by atoms with Crippen LogP contribution in [0.4, 0.5) is 0 Å². The van der Waals surface area contributed by atoms with Crippen LogP contribution in [0.5, 0.6) is 0 Å². The predicted molar refractivity (Wildman–Crippen MR) is 100 cm³/mol. The summed E-state index contributed by atoms with van der Waals surface area (Å²) in [4.78, 5) is 15.2. The van der Waals surface area contributed by atoms with Crippen LogP contribution in [-0.4, -0.2) is 27.5 Å². The van der Waals surface area contributed by atoms with Crippen LogP contribution in [0.25, 0.3) is 11.6 Å². The number of fused-ring (bicyclic) bond motifs is 1. The largest absolute Gasteiger partial charge is 0.465 e. The van der Waals surface area contributed by atoms with Gasteiger partial charge in [0.05, 0.1) is 17.5 Å². The van der Waals surface area contributed by atoms with Crippen LogP contribution in [0.15, 0.2) is 53.1 Å². The Labute approximate surface area is 152 Å². The van der Waals surface area contributed by atoms with Crippen molar-refractivity contribution in [3.8, 4) is 0 Å². The normalized spacial score (nSPS) is 14.3. The summed E-state index contributed by atoms with van der Waals surface area (Å²) in [5.41, 5.74) is 4.90. The third-order valence-corrected chi connectivity index (χ3v) is 4.79. The van der Waals surface area contributed by atoms with E-state index in [4.69, 9.17) is 4.42 Å². The number of nitrogens with zero attached hydrogens (tertiary/aromatic N) is 2. The number of furan rings is 1. The van der Waals surface area contributed by atoms with Crippen molar-refractivity contribution in [2.75, 3.05) is 6.54 Å². The molecule has 2 aromatic heterocycles. The van der Waals surface area contributed by atoms with Crippen molar-refractivity contribution >= 4 is 17.6 Å². The second kappa shape index (κ2) is 7.04. The van der Waals surface area contributed by atoms with Crippen LogP contribution in [0.1, 0.15) is 35.2 Å². The number of benzene rings is 1. The summed E-state index contributed by atoms with van der Waals surface area (Å²) in [6.07, 6.45) is 5.10. The Morgan fingerprint density at radius 2 is 2.12 bits per heavy atom. The molecule has 0 unspecified atom stereocenters. The molecule has 1 aliphatic heterocycles. The molecule has 5 nitrogen and oxygen atoms in total. The molecule has 5 heteroatoms. The van der Waals surface area contributed by atoms with Gasteiger partial charge in [-0.1, -0.05) is 37.3 Å². The van der Waals surface area contributed by atoms with Gasteiger partial charge in [0.2, 0.25) is 0 Å². The summed E-state index contributed by atoms with van der Waals surface area (Å²) in [5.74, 6) is 0.689. The number of rotatable bonds is 4. The van der Waals surface area contributed by atoms with Crippen molar-refractivity contribution in [2.45, 2.75) is 26.3 Å². The number of aromatic amines is 1. The Morgan fingerprint density at radius 1 is 1.27 bits per heavy atom. The van der Waals surface area contributed by atoms with E-state index in [0.29, 0.717) is 24.4 Å². The average molecular weight is 347 g/mol. The lowest BCUT2D eigenvalue weighted by Gasteiger charge is -2.28. The van der Waals surface area contributed by atoms with Gasteiger partial charge >= 0.3 is 0 Å². The number of hydrogen-bond acceptors (Lipinski definition) is 3. The van der Waals surface area contributed by atoms with Crippen LogP contribution in [0.2, 0.25) is 0 Å². The minimum atomic E-state index is 0.0153. The van der Waals surface area contributed by atoms with Crippen LogP contribution in [0.3, 0.4) is 0 Å². The number of amides is 1. The van der Waals surface area contributed by atoms with Gasteiger partial charge in [0.25, 0.3) is 5.91 Å². The van der Waals surface area contributed by atoms with E-state index in [2.05, 4.69) is 17.1 Å². The van der Waals surface area contributed by atoms with Gasteiger partial charge in [-0.2, -0.15) is 5.10 Å². The maximum absolute atomic E-state index is 13.3. The lowest BCUT2D eigenvalue weighted by atomic mass is 10.00. The lowest BCUT2D eigenvalue weighted by molar-refractivity contribution is -0.125. The van der Waals surface area contributed by atoms with Gasteiger partial charge in [-0.25, -0.2) is 0 Å². The van der Waals surface area contributed by atoms with Crippen molar-refractivity contribution in [1.82, 2.24) is 15.1 Å². The number of nitrogens with one attached hydrogen (secondary N) is 1. The molecular weight excluding hydrogens is 326 g/mol. The molecule has 1 aromatic carbocycles. The first-order valence-electron chi connectivity index (χ1n) is 8.91. The van der Waals surface area contributed by atoms with Gasteiger partial charge in [0, 0.05) is 30.8 Å². The SMILES string of the molecule is CCc1n[nH]c2c1CN(C(=O)/C(=C/c1ccco1)c1ccccc1)CC2. The first-order chi connectivity index (χ1) is 12.8. The summed E-state index contributed by atoms with van der Waals surface area (Å²) < 4.78 is 5.44. The van der Waals surface area contributed by atoms with E-state index in [9.17, 15) is 4.79 Å². The van der Waals surface area contributed by atoms with E-state index in [-0.39, 0.29) is 5.91 Å². The number of aromatic nitrogens is 2. The average Bonchev–Trinajstić information content (AvgIpc) is 3.35. The minimum Gasteiger partial charge on any atom is -0.465 e. The van der Waals surface area contributed by atoms with Gasteiger partial charge in [0.1, 0.15) is 5.76 Å². The van der Waals surface area contributed by atoms with E-state index in [1.165, 1.54) is 0 Å². The van der Waals surface area contributed by atoms with Gasteiger partial charge in [-0.05, 0) is 30.2 Å². The topological polar surface area (TPSA) is 62.1 Å². The molecular formula is C21H21N3O2. The number of aryl methyl sites for hydroxylation is 1. The van der Waals surface area contributed by atoms with Crippen molar-refractivity contribution < 1.29 is 9.21 Å². The highest BCUT2D eigenvalue weighted by molar-refractivity contribution is 6.24. The van der Waals surface area contributed by atoms with E-state index >= 15 is 0 Å². The number of carbonyl (C=O) groups is 1. The molecule has 3 aromatic rings. The van der Waals surface area contributed by atoms with Crippen LogP contribution in [0, 0.1) is 0 Å². The fourth-order valence-corrected chi connectivity index (χ4v) is 3.39. The number of H-pyrrole nitrogens is 1. The first-order valence-corrected chi connectivity index (χ1v) is 8.91. The van der Waals surface area contributed by atoms with E-state index < -0.39 is 0 Å². The molecule has 26 heavy (non-hydrogen) atoms. The van der Waals surface area contributed by atoms with Crippen LogP contribution >= 0.6 is 0 Å². The number of carbonyl (C=O) groups excluding carboxylic acids is 1. The molecule has 0 fully saturated rings. The van der Waals surface area contributed by atoms with E-state index in [0.717, 1.165) is 35.4 Å². The van der Waals surface area contributed by atoms with E-state index in [1.807, 2.05) is 53.4 Å². The highest BCUT2D eigenvalue weighted by Gasteiger charge is 2.27. The Morgan fingerprint density at radius 3 is 2.85 bits per heavy atom. The maximum Gasteiger partial charge on any atom is 0.254 e. The molecule has 0 aliphatic carbocycles. The Bertz CT molecular complexity index is 910. The first kappa shape index (κ1) is 16.4. The number of hydrogen-bond donors (Lipinski definition) is 1. The Kier molecular flexibility index (Phi) is 4.44. The highest BCUT2D eigenvalue weighted by Crippen LogP contribution is 2.26. The second-order valence-corrected chi connectivity index (χ2v) is 6.40.